The molecule has 7 heteroatoms. The molecule has 7 nitrogen and oxygen atoms in total. The first-order valence-corrected chi connectivity index (χ1v) is 11.9. The predicted molar refractivity (Wildman–Crippen MR) is 141 cm³/mol. The van der Waals surface area contributed by atoms with Crippen LogP contribution < -0.4 is 10.1 Å². The van der Waals surface area contributed by atoms with E-state index in [0.717, 1.165) is 22.4 Å². The molecule has 0 saturated carbocycles. The summed E-state index contributed by atoms with van der Waals surface area (Å²) in [4.78, 5) is 24.4. The minimum Gasteiger partial charge on any atom is -0.478 e. The lowest BCUT2D eigenvalue weighted by molar-refractivity contribution is -0.152. The Balaban J connectivity index is 1.73. The van der Waals surface area contributed by atoms with Crippen LogP contribution in [0, 0.1) is 0 Å². The summed E-state index contributed by atoms with van der Waals surface area (Å²) in [6.45, 7) is 13.6. The molecule has 1 amide bonds. The number of aryl methyl sites for hydroxylation is 1. The number of hydrogen-bond acceptors (Lipinski definition) is 4. The minimum atomic E-state index is -1.37. The van der Waals surface area contributed by atoms with Crippen molar-refractivity contribution in [3.05, 3.63) is 83.6 Å². The summed E-state index contributed by atoms with van der Waals surface area (Å²) in [5, 5.41) is 16.8. The van der Waals surface area contributed by atoms with Gasteiger partial charge in [0.2, 0.25) is 0 Å². The van der Waals surface area contributed by atoms with Gasteiger partial charge in [0.05, 0.1) is 5.69 Å². The molecule has 0 bridgehead atoms. The monoisotopic (exact) mass is 489 g/mol. The number of allylic oxidation sites excluding steroid dienone is 1. The Morgan fingerprint density at radius 2 is 1.75 bits per heavy atom. The maximum atomic E-state index is 12.9. The zero-order chi connectivity index (χ0) is 26.7. The van der Waals surface area contributed by atoms with E-state index in [2.05, 4.69) is 49.9 Å². The second kappa shape index (κ2) is 10.4. The van der Waals surface area contributed by atoms with Gasteiger partial charge in [-0.05, 0) is 54.5 Å². The third kappa shape index (κ3) is 6.22. The lowest BCUT2D eigenvalue weighted by Crippen LogP contribution is -2.38. The normalized spacial score (nSPS) is 11.7. The van der Waals surface area contributed by atoms with Gasteiger partial charge in [-0.25, -0.2) is 4.79 Å². The summed E-state index contributed by atoms with van der Waals surface area (Å²) >= 11 is 0. The number of nitrogens with one attached hydrogen (secondary N) is 1. The van der Waals surface area contributed by atoms with Crippen LogP contribution in [0.25, 0.3) is 11.3 Å². The molecule has 0 atom stereocenters. The first-order chi connectivity index (χ1) is 16.8. The van der Waals surface area contributed by atoms with E-state index >= 15 is 0 Å². The average molecular weight is 490 g/mol. The van der Waals surface area contributed by atoms with E-state index in [4.69, 9.17) is 4.74 Å². The van der Waals surface area contributed by atoms with Gasteiger partial charge in [0.15, 0.2) is 5.60 Å². The number of nitrogens with zero attached hydrogens (tertiary/aromatic N) is 2. The van der Waals surface area contributed by atoms with Crippen LogP contribution in [0.5, 0.6) is 5.75 Å². The second-order valence-corrected chi connectivity index (χ2v) is 10.4. The molecule has 0 spiro atoms. The molecule has 0 aliphatic rings. The Morgan fingerprint density at radius 3 is 2.33 bits per heavy atom. The fourth-order valence-electron chi connectivity index (χ4n) is 3.71. The van der Waals surface area contributed by atoms with Crippen LogP contribution in [0.15, 0.2) is 61.2 Å². The highest BCUT2D eigenvalue weighted by Crippen LogP contribution is 2.27. The van der Waals surface area contributed by atoms with E-state index in [9.17, 15) is 14.7 Å². The number of ether oxygens (including phenoxy) is 1. The highest BCUT2D eigenvalue weighted by molar-refractivity contribution is 5.93. The van der Waals surface area contributed by atoms with Crippen molar-refractivity contribution in [1.82, 2.24) is 15.1 Å². The Labute approximate surface area is 212 Å². The van der Waals surface area contributed by atoms with Crippen molar-refractivity contribution < 1.29 is 19.4 Å². The highest BCUT2D eigenvalue weighted by atomic mass is 16.5. The maximum absolute atomic E-state index is 12.9. The third-order valence-electron chi connectivity index (χ3n) is 5.98. The standard InChI is InChI=1S/C29H35N3O4/c1-8-9-21-16-19(10-15-25(21)36-29(5,6)27(34)35)18-30-26(33)24-17-23(31-32(24)7)20-11-13-22(14-12-20)28(2,3)4/h8,10-17H,1,9,18H2,2-7H3,(H,30,33)(H,34,35). The lowest BCUT2D eigenvalue weighted by atomic mass is 9.86. The van der Waals surface area contributed by atoms with Crippen molar-refractivity contribution in [2.75, 3.05) is 0 Å². The molecular formula is C29H35N3O4. The zero-order valence-corrected chi connectivity index (χ0v) is 21.9. The van der Waals surface area contributed by atoms with E-state index in [0.29, 0.717) is 24.4 Å². The van der Waals surface area contributed by atoms with Crippen molar-refractivity contribution in [1.29, 1.82) is 0 Å². The molecule has 2 aromatic carbocycles. The van der Waals surface area contributed by atoms with Gasteiger partial charge in [-0.1, -0.05) is 63.2 Å². The molecule has 1 heterocycles. The van der Waals surface area contributed by atoms with Crippen LogP contribution in [0.4, 0.5) is 0 Å². The molecule has 0 saturated heterocycles. The number of aromatic nitrogens is 2. The third-order valence-corrected chi connectivity index (χ3v) is 5.98. The smallest absolute Gasteiger partial charge is 0.347 e. The van der Waals surface area contributed by atoms with E-state index in [-0.39, 0.29) is 11.3 Å². The Hall–Kier alpha value is -3.87. The van der Waals surface area contributed by atoms with Gasteiger partial charge in [-0.3, -0.25) is 9.48 Å². The van der Waals surface area contributed by atoms with Gasteiger partial charge >= 0.3 is 5.97 Å². The average Bonchev–Trinajstić information content (AvgIpc) is 3.20. The summed E-state index contributed by atoms with van der Waals surface area (Å²) in [6, 6.07) is 15.5. The fourth-order valence-corrected chi connectivity index (χ4v) is 3.71. The Bertz CT molecular complexity index is 1260. The van der Waals surface area contributed by atoms with E-state index < -0.39 is 11.6 Å². The lowest BCUT2D eigenvalue weighted by Gasteiger charge is -2.23. The molecule has 0 aliphatic carbocycles. The van der Waals surface area contributed by atoms with Gasteiger partial charge in [0.1, 0.15) is 11.4 Å². The summed E-state index contributed by atoms with van der Waals surface area (Å²) < 4.78 is 7.32. The van der Waals surface area contributed by atoms with Gasteiger partial charge in [-0.15, -0.1) is 6.58 Å². The van der Waals surface area contributed by atoms with Crippen LogP contribution in [0.1, 0.15) is 61.8 Å². The highest BCUT2D eigenvalue weighted by Gasteiger charge is 2.30. The van der Waals surface area contributed by atoms with Crippen LogP contribution in [-0.4, -0.2) is 32.4 Å². The van der Waals surface area contributed by atoms with Gasteiger partial charge < -0.3 is 15.2 Å². The molecule has 190 valence electrons. The summed E-state index contributed by atoms with van der Waals surface area (Å²) in [7, 11) is 1.75. The fraction of sp³-hybridized carbons (Fsp3) is 0.345. The van der Waals surface area contributed by atoms with E-state index in [1.165, 1.54) is 19.4 Å². The zero-order valence-electron chi connectivity index (χ0n) is 21.9. The molecule has 36 heavy (non-hydrogen) atoms. The van der Waals surface area contributed by atoms with Crippen molar-refractivity contribution in [2.24, 2.45) is 7.05 Å². The van der Waals surface area contributed by atoms with E-state index in [1.54, 1.807) is 29.9 Å². The number of aliphatic carboxylic acids is 1. The Kier molecular flexibility index (Phi) is 7.72. The minimum absolute atomic E-state index is 0.0655. The van der Waals surface area contributed by atoms with Gasteiger partial charge in [-0.2, -0.15) is 5.10 Å². The number of carbonyl (C=O) groups is 2. The topological polar surface area (TPSA) is 93.5 Å². The molecule has 0 fully saturated rings. The molecule has 0 aliphatic heterocycles. The summed E-state index contributed by atoms with van der Waals surface area (Å²) in [6.07, 6.45) is 2.23. The molecular weight excluding hydrogens is 454 g/mol. The Morgan fingerprint density at radius 1 is 1.08 bits per heavy atom. The van der Waals surface area contributed by atoms with Crippen molar-refractivity contribution in [3.8, 4) is 17.0 Å². The first-order valence-electron chi connectivity index (χ1n) is 11.9. The van der Waals surface area contributed by atoms with E-state index in [1.807, 2.05) is 24.3 Å². The SMILES string of the molecule is C=CCc1cc(CNC(=O)c2cc(-c3ccc(C(C)(C)C)cc3)nn2C)ccc1OC(C)(C)C(=O)O. The molecule has 0 radical (unpaired) electrons. The molecule has 0 unspecified atom stereocenters. The van der Waals surface area contributed by atoms with Crippen LogP contribution in [0.3, 0.4) is 0 Å². The van der Waals surface area contributed by atoms with Crippen molar-refractivity contribution in [3.63, 3.8) is 0 Å². The maximum Gasteiger partial charge on any atom is 0.347 e. The summed E-state index contributed by atoms with van der Waals surface area (Å²) in [5.74, 6) is -0.810. The predicted octanol–water partition coefficient (Wildman–Crippen LogP) is 5.29. The quantitative estimate of drug-likeness (QED) is 0.399. The number of carboxylic acids is 1. The molecule has 3 aromatic rings. The number of hydrogen-bond donors (Lipinski definition) is 2. The van der Waals surface area contributed by atoms with Crippen molar-refractivity contribution in [2.45, 2.75) is 58.6 Å². The molecule has 1 aromatic heterocycles. The molecule has 2 N–H and O–H groups in total. The van der Waals surface area contributed by atoms with Gasteiger partial charge in [0.25, 0.3) is 5.91 Å². The first kappa shape index (κ1) is 26.7. The van der Waals surface area contributed by atoms with Crippen LogP contribution in [-0.2, 0) is 30.2 Å². The number of rotatable bonds is 9. The van der Waals surface area contributed by atoms with Crippen molar-refractivity contribution >= 4 is 11.9 Å². The summed E-state index contributed by atoms with van der Waals surface area (Å²) in [5.41, 5.74) is 3.74. The number of carbonyl (C=O) groups excluding carboxylic acids is 1. The second-order valence-electron chi connectivity index (χ2n) is 10.4. The van der Waals surface area contributed by atoms with Crippen LogP contribution in [0.2, 0.25) is 0 Å². The largest absolute Gasteiger partial charge is 0.478 e. The number of carboxylic acid groups (broad SMARTS) is 1. The van der Waals surface area contributed by atoms with Gasteiger partial charge in [0, 0.05) is 19.2 Å². The number of amides is 1. The number of benzene rings is 2. The van der Waals surface area contributed by atoms with Crippen LogP contribution >= 0.6 is 0 Å². The molecule has 3 rings (SSSR count).